The maximum atomic E-state index is 13.2. The second kappa shape index (κ2) is 10.6. The first-order valence-corrected chi connectivity index (χ1v) is 11.8. The third-order valence-corrected chi connectivity index (χ3v) is 6.81. The number of carboxylic acids is 1. The van der Waals surface area contributed by atoms with E-state index in [1.54, 1.807) is 23.2 Å². The molecular weight excluding hydrogens is 456 g/mol. The SMILES string of the molecule is Cc1c(OC[C@@H]2C[C@@H](CC(=O)O)CN2C(=O)c2cccnc2)ccc(-c2ccc(C(=N)N)cc2)c1C. The summed E-state index contributed by atoms with van der Waals surface area (Å²) in [6.07, 6.45) is 3.72. The van der Waals surface area contributed by atoms with Crippen molar-refractivity contribution in [1.82, 2.24) is 9.88 Å². The van der Waals surface area contributed by atoms with Crippen LogP contribution in [0.1, 0.15) is 39.9 Å². The third kappa shape index (κ3) is 5.38. The summed E-state index contributed by atoms with van der Waals surface area (Å²) in [6, 6.07) is 14.7. The molecule has 1 aliphatic heterocycles. The van der Waals surface area contributed by atoms with Gasteiger partial charge in [0.05, 0.1) is 11.6 Å². The molecule has 186 valence electrons. The molecule has 0 bridgehead atoms. The molecule has 4 N–H and O–H groups in total. The number of hydrogen-bond acceptors (Lipinski definition) is 5. The van der Waals surface area contributed by atoms with Crippen LogP contribution in [-0.2, 0) is 4.79 Å². The van der Waals surface area contributed by atoms with E-state index < -0.39 is 5.97 Å². The molecule has 1 saturated heterocycles. The fraction of sp³-hybridized carbons (Fsp3) is 0.286. The number of benzene rings is 2. The Labute approximate surface area is 210 Å². The summed E-state index contributed by atoms with van der Waals surface area (Å²) in [5.41, 5.74) is 10.9. The topological polar surface area (TPSA) is 130 Å². The first kappa shape index (κ1) is 24.9. The molecule has 0 unspecified atom stereocenters. The van der Waals surface area contributed by atoms with Gasteiger partial charge < -0.3 is 20.5 Å². The summed E-state index contributed by atoms with van der Waals surface area (Å²) in [5.74, 6) is -0.394. The summed E-state index contributed by atoms with van der Waals surface area (Å²) >= 11 is 0. The number of carboxylic acid groups (broad SMARTS) is 1. The number of rotatable bonds is 8. The van der Waals surface area contributed by atoms with Crippen LogP contribution in [0.15, 0.2) is 60.9 Å². The van der Waals surface area contributed by atoms with E-state index in [0.29, 0.717) is 24.1 Å². The second-order valence-corrected chi connectivity index (χ2v) is 9.22. The zero-order valence-corrected chi connectivity index (χ0v) is 20.4. The molecule has 1 amide bonds. The molecule has 0 radical (unpaired) electrons. The van der Waals surface area contributed by atoms with Crippen LogP contribution < -0.4 is 10.5 Å². The van der Waals surface area contributed by atoms with E-state index >= 15 is 0 Å². The first-order chi connectivity index (χ1) is 17.2. The molecule has 2 atom stereocenters. The Bertz CT molecular complexity index is 1270. The van der Waals surface area contributed by atoms with Gasteiger partial charge in [0.25, 0.3) is 5.91 Å². The van der Waals surface area contributed by atoms with Gasteiger partial charge in [-0.25, -0.2) is 0 Å². The Kier molecular flexibility index (Phi) is 7.33. The second-order valence-electron chi connectivity index (χ2n) is 9.22. The number of aromatic nitrogens is 1. The van der Waals surface area contributed by atoms with Gasteiger partial charge in [-0.2, -0.15) is 0 Å². The number of nitrogens with one attached hydrogen (secondary N) is 1. The predicted molar refractivity (Wildman–Crippen MR) is 137 cm³/mol. The van der Waals surface area contributed by atoms with Crippen LogP contribution in [0.3, 0.4) is 0 Å². The first-order valence-electron chi connectivity index (χ1n) is 11.8. The van der Waals surface area contributed by atoms with E-state index in [-0.39, 0.29) is 36.7 Å². The van der Waals surface area contributed by atoms with Crippen LogP contribution >= 0.6 is 0 Å². The normalized spacial score (nSPS) is 17.1. The summed E-state index contributed by atoms with van der Waals surface area (Å²) < 4.78 is 6.21. The summed E-state index contributed by atoms with van der Waals surface area (Å²) in [4.78, 5) is 30.2. The van der Waals surface area contributed by atoms with E-state index in [0.717, 1.165) is 28.0 Å². The van der Waals surface area contributed by atoms with Gasteiger partial charge in [-0.15, -0.1) is 0 Å². The van der Waals surface area contributed by atoms with Crippen molar-refractivity contribution in [2.45, 2.75) is 32.7 Å². The zero-order chi connectivity index (χ0) is 25.8. The lowest BCUT2D eigenvalue weighted by Crippen LogP contribution is -2.39. The molecule has 2 heterocycles. The molecule has 36 heavy (non-hydrogen) atoms. The monoisotopic (exact) mass is 486 g/mol. The van der Waals surface area contributed by atoms with Crippen molar-refractivity contribution in [3.05, 3.63) is 83.2 Å². The molecule has 3 aromatic rings. The highest BCUT2D eigenvalue weighted by Gasteiger charge is 2.37. The highest BCUT2D eigenvalue weighted by molar-refractivity contribution is 5.95. The zero-order valence-electron chi connectivity index (χ0n) is 20.4. The molecule has 0 aliphatic carbocycles. The van der Waals surface area contributed by atoms with E-state index in [4.69, 9.17) is 15.9 Å². The van der Waals surface area contributed by atoms with Gasteiger partial charge in [0.2, 0.25) is 0 Å². The van der Waals surface area contributed by atoms with Crippen molar-refractivity contribution in [1.29, 1.82) is 5.41 Å². The number of nitrogens with zero attached hydrogens (tertiary/aromatic N) is 2. The number of aliphatic carboxylic acids is 1. The number of carbonyl (C=O) groups excluding carboxylic acids is 1. The van der Waals surface area contributed by atoms with Gasteiger partial charge in [0.1, 0.15) is 18.2 Å². The highest BCUT2D eigenvalue weighted by Crippen LogP contribution is 2.33. The van der Waals surface area contributed by atoms with Crippen LogP contribution in [0.4, 0.5) is 0 Å². The third-order valence-electron chi connectivity index (χ3n) is 6.81. The largest absolute Gasteiger partial charge is 0.491 e. The fourth-order valence-electron chi connectivity index (χ4n) is 4.75. The minimum absolute atomic E-state index is 0.0164. The number of amides is 1. The Morgan fingerprint density at radius 1 is 1.11 bits per heavy atom. The van der Waals surface area contributed by atoms with Crippen molar-refractivity contribution >= 4 is 17.7 Å². The lowest BCUT2D eigenvalue weighted by molar-refractivity contribution is -0.138. The molecule has 4 rings (SSSR count). The van der Waals surface area contributed by atoms with E-state index in [2.05, 4.69) is 4.98 Å². The van der Waals surface area contributed by atoms with E-state index in [9.17, 15) is 14.7 Å². The van der Waals surface area contributed by atoms with Gasteiger partial charge in [-0.3, -0.25) is 20.0 Å². The average molecular weight is 487 g/mol. The highest BCUT2D eigenvalue weighted by atomic mass is 16.5. The minimum Gasteiger partial charge on any atom is -0.491 e. The van der Waals surface area contributed by atoms with E-state index in [1.165, 1.54) is 6.20 Å². The van der Waals surface area contributed by atoms with Crippen molar-refractivity contribution in [3.63, 3.8) is 0 Å². The van der Waals surface area contributed by atoms with Gasteiger partial charge in [-0.1, -0.05) is 30.3 Å². The maximum absolute atomic E-state index is 13.2. The summed E-state index contributed by atoms with van der Waals surface area (Å²) in [7, 11) is 0. The quantitative estimate of drug-likeness (QED) is 0.326. The number of nitrogen functional groups attached to an aromatic ring is 1. The molecular formula is C28H30N4O4. The molecule has 0 saturated carbocycles. The van der Waals surface area contributed by atoms with Crippen LogP contribution in [0.5, 0.6) is 5.75 Å². The number of carbonyl (C=O) groups is 2. The summed E-state index contributed by atoms with van der Waals surface area (Å²) in [6.45, 7) is 4.68. The number of ether oxygens (including phenoxy) is 1. The van der Waals surface area contributed by atoms with Gasteiger partial charge >= 0.3 is 5.97 Å². The maximum Gasteiger partial charge on any atom is 0.303 e. The van der Waals surface area contributed by atoms with Crippen LogP contribution in [-0.4, -0.2) is 51.9 Å². The number of pyridine rings is 1. The van der Waals surface area contributed by atoms with Crippen molar-refractivity contribution in [2.24, 2.45) is 11.7 Å². The minimum atomic E-state index is -0.867. The smallest absolute Gasteiger partial charge is 0.303 e. The standard InChI is InChI=1S/C28H30N4O4/c1-17-18(2)25(10-9-24(17)20-5-7-21(8-6-20)27(29)30)36-16-23-12-19(13-26(33)34)15-32(23)28(35)22-4-3-11-31-14-22/h3-11,14,19,23H,12-13,15-16H2,1-2H3,(H3,29,30)(H,33,34)/t19-,23-/m0/s1. The Morgan fingerprint density at radius 2 is 1.86 bits per heavy atom. The van der Waals surface area contributed by atoms with Crippen LogP contribution in [0.2, 0.25) is 0 Å². The van der Waals surface area contributed by atoms with Crippen molar-refractivity contribution in [2.75, 3.05) is 13.2 Å². The van der Waals surface area contributed by atoms with Gasteiger partial charge in [-0.05, 0) is 66.6 Å². The summed E-state index contributed by atoms with van der Waals surface area (Å²) in [5, 5.41) is 16.8. The Balaban J connectivity index is 1.51. The van der Waals surface area contributed by atoms with Crippen LogP contribution in [0, 0.1) is 25.2 Å². The molecule has 8 nitrogen and oxygen atoms in total. The lowest BCUT2D eigenvalue weighted by Gasteiger charge is -2.25. The fourth-order valence-corrected chi connectivity index (χ4v) is 4.75. The molecule has 0 spiro atoms. The average Bonchev–Trinajstić information content (AvgIpc) is 3.26. The van der Waals surface area contributed by atoms with Crippen molar-refractivity contribution in [3.8, 4) is 16.9 Å². The number of likely N-dealkylation sites (tertiary alicyclic amines) is 1. The van der Waals surface area contributed by atoms with Gasteiger partial charge in [0.15, 0.2) is 0 Å². The lowest BCUT2D eigenvalue weighted by atomic mass is 9.95. The Hall–Kier alpha value is -4.20. The molecule has 2 aromatic carbocycles. The number of nitrogens with two attached hydrogens (primary N) is 1. The predicted octanol–water partition coefficient (Wildman–Crippen LogP) is 4.03. The number of hydrogen-bond donors (Lipinski definition) is 3. The molecule has 1 aliphatic rings. The Morgan fingerprint density at radius 3 is 2.50 bits per heavy atom. The number of amidine groups is 1. The van der Waals surface area contributed by atoms with Gasteiger partial charge in [0, 0.05) is 30.9 Å². The molecule has 1 fully saturated rings. The molecule has 8 heteroatoms. The molecule has 1 aromatic heterocycles. The van der Waals surface area contributed by atoms with Crippen molar-refractivity contribution < 1.29 is 19.4 Å². The van der Waals surface area contributed by atoms with E-state index in [1.807, 2.05) is 50.2 Å². The van der Waals surface area contributed by atoms with Crippen LogP contribution in [0.25, 0.3) is 11.1 Å².